The molecule has 0 radical (unpaired) electrons. The number of hydrogen-bond donors (Lipinski definition) is 3. The monoisotopic (exact) mass is 226 g/mol. The predicted octanol–water partition coefficient (Wildman–Crippen LogP) is 0.641. The van der Waals surface area contributed by atoms with Crippen LogP contribution in [-0.2, 0) is 0 Å². The van der Waals surface area contributed by atoms with Crippen LogP contribution in [0.4, 0.5) is 13.2 Å². The maximum atomic E-state index is 12.0. The second-order valence-corrected chi connectivity index (χ2v) is 3.84. The van der Waals surface area contributed by atoms with Crippen molar-refractivity contribution in [2.75, 3.05) is 19.6 Å². The molecule has 1 heterocycles. The quantitative estimate of drug-likeness (QED) is 0.661. The molecule has 0 spiro atoms. The minimum atomic E-state index is -4.52. The van der Waals surface area contributed by atoms with E-state index in [1.807, 2.05) is 0 Å². The van der Waals surface area contributed by atoms with Gasteiger partial charge in [0, 0.05) is 12.6 Å². The molecule has 1 rings (SSSR count). The van der Waals surface area contributed by atoms with Crippen molar-refractivity contribution < 1.29 is 18.3 Å². The Labute approximate surface area is 87.0 Å². The molecule has 3 N–H and O–H groups in total. The van der Waals surface area contributed by atoms with Crippen LogP contribution in [0, 0.1) is 0 Å². The summed E-state index contributed by atoms with van der Waals surface area (Å²) in [4.78, 5) is 0. The van der Waals surface area contributed by atoms with Gasteiger partial charge in [0.1, 0.15) is 0 Å². The normalized spacial score (nSPS) is 26.0. The largest absolute Gasteiger partial charge is 0.415 e. The lowest BCUT2D eigenvalue weighted by molar-refractivity contribution is -0.202. The summed E-state index contributed by atoms with van der Waals surface area (Å²) in [5.74, 6) is 0. The number of hydrogen-bond acceptors (Lipinski definition) is 3. The fourth-order valence-electron chi connectivity index (χ4n) is 1.62. The van der Waals surface area contributed by atoms with Gasteiger partial charge in [-0.1, -0.05) is 0 Å². The third kappa shape index (κ3) is 4.81. The Kier molecular flexibility index (Phi) is 4.82. The van der Waals surface area contributed by atoms with E-state index in [0.29, 0.717) is 0 Å². The molecule has 2 unspecified atom stereocenters. The van der Waals surface area contributed by atoms with Crippen molar-refractivity contribution in [1.82, 2.24) is 10.6 Å². The lowest BCUT2D eigenvalue weighted by Gasteiger charge is -2.20. The first kappa shape index (κ1) is 12.7. The first-order valence-corrected chi connectivity index (χ1v) is 5.19. The van der Waals surface area contributed by atoms with Crippen LogP contribution in [0.3, 0.4) is 0 Å². The molecule has 6 heteroatoms. The molecular weight excluding hydrogens is 209 g/mol. The van der Waals surface area contributed by atoms with Crippen molar-refractivity contribution in [3.05, 3.63) is 0 Å². The molecule has 0 bridgehead atoms. The van der Waals surface area contributed by atoms with Crippen LogP contribution in [0.5, 0.6) is 0 Å². The Morgan fingerprint density at radius 1 is 1.33 bits per heavy atom. The van der Waals surface area contributed by atoms with E-state index >= 15 is 0 Å². The van der Waals surface area contributed by atoms with Gasteiger partial charge in [-0.05, 0) is 32.4 Å². The van der Waals surface area contributed by atoms with E-state index in [1.54, 1.807) is 0 Å². The lowest BCUT2D eigenvalue weighted by atomic mass is 10.1. The second-order valence-electron chi connectivity index (χ2n) is 3.84. The summed E-state index contributed by atoms with van der Waals surface area (Å²) in [7, 11) is 0. The standard InChI is InChI=1S/C9H17F3N2O/c10-9(11,12)8(15)6-14-7-2-1-4-13-5-3-7/h7-8,13-15H,1-6H2. The molecule has 0 amide bonds. The number of aliphatic hydroxyl groups is 1. The van der Waals surface area contributed by atoms with Gasteiger partial charge in [-0.3, -0.25) is 0 Å². The van der Waals surface area contributed by atoms with E-state index < -0.39 is 18.8 Å². The number of rotatable bonds is 3. The zero-order valence-electron chi connectivity index (χ0n) is 8.48. The summed E-state index contributed by atoms with van der Waals surface area (Å²) in [6.07, 6.45) is -4.15. The van der Waals surface area contributed by atoms with E-state index in [-0.39, 0.29) is 6.04 Å². The van der Waals surface area contributed by atoms with Gasteiger partial charge in [-0.25, -0.2) is 0 Å². The summed E-state index contributed by atoms with van der Waals surface area (Å²) >= 11 is 0. The Hall–Kier alpha value is -0.330. The van der Waals surface area contributed by atoms with Crippen molar-refractivity contribution in [3.63, 3.8) is 0 Å². The van der Waals surface area contributed by atoms with Crippen LogP contribution in [0.1, 0.15) is 19.3 Å². The molecule has 0 aromatic rings. The molecule has 0 aliphatic carbocycles. The minimum Gasteiger partial charge on any atom is -0.382 e. The predicted molar refractivity (Wildman–Crippen MR) is 50.6 cm³/mol. The van der Waals surface area contributed by atoms with Crippen molar-refractivity contribution in [3.8, 4) is 0 Å². The number of nitrogens with one attached hydrogen (secondary N) is 2. The molecule has 90 valence electrons. The smallest absolute Gasteiger partial charge is 0.382 e. The molecule has 3 nitrogen and oxygen atoms in total. The SMILES string of the molecule is OC(CNC1CCCNCC1)C(F)(F)F. The van der Waals surface area contributed by atoms with Gasteiger partial charge in [-0.15, -0.1) is 0 Å². The van der Waals surface area contributed by atoms with E-state index in [4.69, 9.17) is 5.11 Å². The summed E-state index contributed by atoms with van der Waals surface area (Å²) in [6, 6.07) is 0.0806. The van der Waals surface area contributed by atoms with Crippen molar-refractivity contribution in [2.45, 2.75) is 37.6 Å². The van der Waals surface area contributed by atoms with Gasteiger partial charge in [0.2, 0.25) is 0 Å². The van der Waals surface area contributed by atoms with Crippen LogP contribution in [0.15, 0.2) is 0 Å². The molecule has 0 aromatic carbocycles. The Morgan fingerprint density at radius 2 is 2.07 bits per heavy atom. The average molecular weight is 226 g/mol. The third-order valence-corrected chi connectivity index (χ3v) is 2.55. The van der Waals surface area contributed by atoms with Crippen molar-refractivity contribution in [1.29, 1.82) is 0 Å². The van der Waals surface area contributed by atoms with Crippen molar-refractivity contribution in [2.24, 2.45) is 0 Å². The number of halogens is 3. The zero-order valence-corrected chi connectivity index (χ0v) is 8.48. The summed E-state index contributed by atoms with van der Waals surface area (Å²) in [5, 5.41) is 14.7. The fourth-order valence-corrected chi connectivity index (χ4v) is 1.62. The van der Waals surface area contributed by atoms with Gasteiger partial charge in [0.05, 0.1) is 0 Å². The van der Waals surface area contributed by atoms with Gasteiger partial charge in [0.25, 0.3) is 0 Å². The summed E-state index contributed by atoms with van der Waals surface area (Å²) in [6.45, 7) is 1.33. The molecule has 0 saturated carbocycles. The molecule has 1 fully saturated rings. The molecule has 1 saturated heterocycles. The first-order chi connectivity index (χ1) is 7.00. The molecule has 0 aromatic heterocycles. The maximum absolute atomic E-state index is 12.0. The molecule has 1 aliphatic rings. The first-order valence-electron chi connectivity index (χ1n) is 5.19. The van der Waals surface area contributed by atoms with Gasteiger partial charge in [0.15, 0.2) is 6.10 Å². The van der Waals surface area contributed by atoms with E-state index in [2.05, 4.69) is 10.6 Å². The van der Waals surface area contributed by atoms with Gasteiger partial charge < -0.3 is 15.7 Å². The van der Waals surface area contributed by atoms with E-state index in [1.165, 1.54) is 0 Å². The topological polar surface area (TPSA) is 44.3 Å². The minimum absolute atomic E-state index is 0.0806. The van der Waals surface area contributed by atoms with Crippen LogP contribution >= 0.6 is 0 Å². The highest BCUT2D eigenvalue weighted by Gasteiger charge is 2.38. The van der Waals surface area contributed by atoms with Gasteiger partial charge >= 0.3 is 6.18 Å². The van der Waals surface area contributed by atoms with Gasteiger partial charge in [-0.2, -0.15) is 13.2 Å². The maximum Gasteiger partial charge on any atom is 0.415 e. The summed E-state index contributed by atoms with van der Waals surface area (Å²) in [5.41, 5.74) is 0. The number of aliphatic hydroxyl groups excluding tert-OH is 1. The lowest BCUT2D eigenvalue weighted by Crippen LogP contribution is -2.42. The Morgan fingerprint density at radius 3 is 2.73 bits per heavy atom. The molecule has 15 heavy (non-hydrogen) atoms. The van der Waals surface area contributed by atoms with Crippen LogP contribution in [0.2, 0.25) is 0 Å². The highest BCUT2D eigenvalue weighted by atomic mass is 19.4. The Bertz CT molecular complexity index is 179. The van der Waals surface area contributed by atoms with E-state index in [9.17, 15) is 13.2 Å². The second kappa shape index (κ2) is 5.67. The fraction of sp³-hybridized carbons (Fsp3) is 1.00. The zero-order chi connectivity index (χ0) is 11.3. The Balaban J connectivity index is 2.23. The molecular formula is C9H17F3N2O. The van der Waals surface area contributed by atoms with Crippen molar-refractivity contribution >= 4 is 0 Å². The molecule has 1 aliphatic heterocycles. The van der Waals surface area contributed by atoms with Crippen LogP contribution in [0.25, 0.3) is 0 Å². The van der Waals surface area contributed by atoms with Crippen LogP contribution in [-0.4, -0.2) is 43.1 Å². The highest BCUT2D eigenvalue weighted by molar-refractivity contribution is 4.76. The molecule has 2 atom stereocenters. The summed E-state index contributed by atoms with van der Waals surface area (Å²) < 4.78 is 35.9. The third-order valence-electron chi connectivity index (χ3n) is 2.55. The van der Waals surface area contributed by atoms with E-state index in [0.717, 1.165) is 32.4 Å². The van der Waals surface area contributed by atoms with Crippen LogP contribution < -0.4 is 10.6 Å². The average Bonchev–Trinajstić information content (AvgIpc) is 2.40. The number of alkyl halides is 3. The highest BCUT2D eigenvalue weighted by Crippen LogP contribution is 2.19.